The molecule has 1 aliphatic heterocycles. The lowest BCUT2D eigenvalue weighted by Gasteiger charge is -2.36. The van der Waals surface area contributed by atoms with Gasteiger partial charge < -0.3 is 9.80 Å². The predicted octanol–water partition coefficient (Wildman–Crippen LogP) is 2.20. The van der Waals surface area contributed by atoms with Crippen molar-refractivity contribution < 1.29 is 9.18 Å². The van der Waals surface area contributed by atoms with E-state index in [2.05, 4.69) is 10.2 Å². The molecule has 2 heterocycles. The van der Waals surface area contributed by atoms with Crippen LogP contribution in [-0.2, 0) is 11.3 Å². The third-order valence-corrected chi connectivity index (χ3v) is 6.02. The van der Waals surface area contributed by atoms with Crippen molar-refractivity contribution in [2.24, 2.45) is 0 Å². The van der Waals surface area contributed by atoms with Crippen molar-refractivity contribution in [1.82, 2.24) is 19.7 Å². The summed E-state index contributed by atoms with van der Waals surface area (Å²) in [5.41, 5.74) is 1.26. The van der Waals surface area contributed by atoms with E-state index in [1.165, 1.54) is 22.4 Å². The molecule has 2 aromatic carbocycles. The molecule has 9 heteroatoms. The molecule has 0 radical (unpaired) electrons. The number of nitrogens with one attached hydrogen (secondary N) is 1. The fourth-order valence-corrected chi connectivity index (χ4v) is 4.29. The highest BCUT2D eigenvalue weighted by Crippen LogP contribution is 2.21. The van der Waals surface area contributed by atoms with Crippen molar-refractivity contribution in [3.8, 4) is 0 Å². The minimum absolute atomic E-state index is 0.0186. The van der Waals surface area contributed by atoms with Gasteiger partial charge in [0.05, 0.1) is 18.0 Å². The molecule has 0 bridgehead atoms. The molecular weight excluding hydrogens is 405 g/mol. The van der Waals surface area contributed by atoms with Crippen molar-refractivity contribution in [2.75, 3.05) is 36.8 Å². The Morgan fingerprint density at radius 3 is 2.47 bits per heavy atom. The van der Waals surface area contributed by atoms with Gasteiger partial charge in [0.15, 0.2) is 5.16 Å². The summed E-state index contributed by atoms with van der Waals surface area (Å²) in [7, 11) is 0. The molecule has 156 valence electrons. The van der Waals surface area contributed by atoms with Crippen LogP contribution in [0.4, 0.5) is 10.1 Å². The Morgan fingerprint density at radius 1 is 1.03 bits per heavy atom. The Labute approximate surface area is 177 Å². The average Bonchev–Trinajstić information content (AvgIpc) is 3.12. The number of piperazine rings is 1. The molecule has 1 saturated heterocycles. The second kappa shape index (κ2) is 9.17. The zero-order valence-corrected chi connectivity index (χ0v) is 17.1. The first-order valence-corrected chi connectivity index (χ1v) is 10.7. The molecule has 3 aromatic rings. The number of carbonyl (C=O) groups is 1. The first-order valence-electron chi connectivity index (χ1n) is 9.71. The van der Waals surface area contributed by atoms with Crippen LogP contribution in [0.2, 0.25) is 0 Å². The van der Waals surface area contributed by atoms with Crippen LogP contribution < -0.4 is 10.6 Å². The maximum absolute atomic E-state index is 14.0. The average molecular weight is 428 g/mol. The maximum atomic E-state index is 14.0. The number of hydrogen-bond donors (Lipinski definition) is 1. The largest absolute Gasteiger partial charge is 0.366 e. The fraction of sp³-hybridized carbons (Fsp3) is 0.286. The number of para-hydroxylation sites is 1. The Morgan fingerprint density at radius 2 is 1.73 bits per heavy atom. The van der Waals surface area contributed by atoms with Crippen molar-refractivity contribution in [3.05, 3.63) is 76.5 Å². The van der Waals surface area contributed by atoms with E-state index in [9.17, 15) is 14.0 Å². The highest BCUT2D eigenvalue weighted by molar-refractivity contribution is 7.99. The third kappa shape index (κ3) is 4.56. The first-order chi connectivity index (χ1) is 14.6. The van der Waals surface area contributed by atoms with Gasteiger partial charge in [0.25, 0.3) is 0 Å². The number of anilines is 1. The molecule has 0 aliphatic carbocycles. The number of nitrogens with zero attached hydrogens (tertiary/aromatic N) is 4. The van der Waals surface area contributed by atoms with E-state index in [0.29, 0.717) is 43.6 Å². The summed E-state index contributed by atoms with van der Waals surface area (Å²) in [6.07, 6.45) is 0. The number of halogens is 1. The molecule has 0 atom stereocenters. The highest BCUT2D eigenvalue weighted by atomic mass is 32.2. The Hall–Kier alpha value is -3.07. The number of H-pyrrole nitrogens is 1. The lowest BCUT2D eigenvalue weighted by atomic mass is 10.2. The molecule has 1 aliphatic rings. The Kier molecular flexibility index (Phi) is 6.18. The number of thioether (sulfide) groups is 1. The number of amides is 1. The molecule has 0 saturated carbocycles. The fourth-order valence-electron chi connectivity index (χ4n) is 3.44. The van der Waals surface area contributed by atoms with E-state index in [4.69, 9.17) is 0 Å². The number of aromatic nitrogens is 3. The summed E-state index contributed by atoms with van der Waals surface area (Å²) in [6, 6.07) is 16.3. The second-order valence-electron chi connectivity index (χ2n) is 6.99. The number of carbonyl (C=O) groups excluding carboxylic acids is 1. The van der Waals surface area contributed by atoms with Crippen LogP contribution in [0.3, 0.4) is 0 Å². The lowest BCUT2D eigenvalue weighted by molar-refractivity contribution is -0.128. The summed E-state index contributed by atoms with van der Waals surface area (Å²) in [5.74, 6) is -0.0728. The Bertz CT molecular complexity index is 1060. The van der Waals surface area contributed by atoms with Gasteiger partial charge in [-0.15, -0.1) is 5.10 Å². The standard InChI is InChI=1S/C21H22FN5O2S/c22-17-8-4-5-9-18(17)25-10-12-26(13-11-25)19(28)15-30-21-24-23-20(29)27(21)14-16-6-2-1-3-7-16/h1-9H,10-15H2,(H,23,29). The second-order valence-corrected chi connectivity index (χ2v) is 7.93. The van der Waals surface area contributed by atoms with Gasteiger partial charge >= 0.3 is 5.69 Å². The molecule has 1 fully saturated rings. The molecule has 0 spiro atoms. The van der Waals surface area contributed by atoms with Crippen molar-refractivity contribution in [2.45, 2.75) is 11.7 Å². The quantitative estimate of drug-likeness (QED) is 0.611. The summed E-state index contributed by atoms with van der Waals surface area (Å²) in [5, 5.41) is 7.01. The summed E-state index contributed by atoms with van der Waals surface area (Å²) >= 11 is 1.24. The van der Waals surface area contributed by atoms with Crippen LogP contribution in [0.15, 0.2) is 64.5 Å². The zero-order chi connectivity index (χ0) is 20.9. The van der Waals surface area contributed by atoms with Gasteiger partial charge in [-0.1, -0.05) is 54.2 Å². The smallest absolute Gasteiger partial charge is 0.344 e. The molecule has 1 aromatic heterocycles. The van der Waals surface area contributed by atoms with Crippen LogP contribution in [0.1, 0.15) is 5.56 Å². The van der Waals surface area contributed by atoms with Gasteiger partial charge in [0, 0.05) is 26.2 Å². The van der Waals surface area contributed by atoms with Crippen LogP contribution in [0.5, 0.6) is 0 Å². The molecule has 7 nitrogen and oxygen atoms in total. The number of benzene rings is 2. The summed E-state index contributed by atoms with van der Waals surface area (Å²) < 4.78 is 15.5. The van der Waals surface area contributed by atoms with Gasteiger partial charge in [-0.05, 0) is 17.7 Å². The van der Waals surface area contributed by atoms with Crippen molar-refractivity contribution in [1.29, 1.82) is 0 Å². The molecule has 30 heavy (non-hydrogen) atoms. The zero-order valence-electron chi connectivity index (χ0n) is 16.3. The van der Waals surface area contributed by atoms with E-state index < -0.39 is 0 Å². The molecule has 1 amide bonds. The topological polar surface area (TPSA) is 74.2 Å². The van der Waals surface area contributed by atoms with Gasteiger partial charge in [-0.3, -0.25) is 9.36 Å². The highest BCUT2D eigenvalue weighted by Gasteiger charge is 2.23. The minimum Gasteiger partial charge on any atom is -0.366 e. The number of hydrogen-bond acceptors (Lipinski definition) is 5. The van der Waals surface area contributed by atoms with E-state index in [0.717, 1.165) is 5.56 Å². The van der Waals surface area contributed by atoms with Gasteiger partial charge in [-0.25, -0.2) is 14.3 Å². The predicted molar refractivity (Wildman–Crippen MR) is 114 cm³/mol. The normalized spacial score (nSPS) is 14.2. The van der Waals surface area contributed by atoms with Crippen LogP contribution in [0, 0.1) is 5.82 Å². The molecule has 1 N–H and O–H groups in total. The maximum Gasteiger partial charge on any atom is 0.344 e. The number of aromatic amines is 1. The molecule has 4 rings (SSSR count). The van der Waals surface area contributed by atoms with Crippen LogP contribution in [0.25, 0.3) is 0 Å². The third-order valence-electron chi connectivity index (χ3n) is 5.06. The van der Waals surface area contributed by atoms with Crippen LogP contribution >= 0.6 is 11.8 Å². The van der Waals surface area contributed by atoms with Gasteiger partial charge in [0.1, 0.15) is 5.82 Å². The monoisotopic (exact) mass is 427 g/mol. The van der Waals surface area contributed by atoms with Crippen LogP contribution in [-0.4, -0.2) is 57.5 Å². The van der Waals surface area contributed by atoms with Gasteiger partial charge in [-0.2, -0.15) is 0 Å². The van der Waals surface area contributed by atoms with Crippen molar-refractivity contribution in [3.63, 3.8) is 0 Å². The summed E-state index contributed by atoms with van der Waals surface area (Å²) in [4.78, 5) is 28.5. The van der Waals surface area contributed by atoms with E-state index >= 15 is 0 Å². The van der Waals surface area contributed by atoms with E-state index in [1.54, 1.807) is 17.0 Å². The van der Waals surface area contributed by atoms with Gasteiger partial charge in [0.2, 0.25) is 5.91 Å². The minimum atomic E-state index is -0.299. The SMILES string of the molecule is O=C(CSc1n[nH]c(=O)n1Cc1ccccc1)N1CCN(c2ccccc2F)CC1. The summed E-state index contributed by atoms with van der Waals surface area (Å²) in [6.45, 7) is 2.63. The number of rotatable bonds is 6. The van der Waals surface area contributed by atoms with Crippen molar-refractivity contribution >= 4 is 23.4 Å². The lowest BCUT2D eigenvalue weighted by Crippen LogP contribution is -2.49. The van der Waals surface area contributed by atoms with E-state index in [1.807, 2.05) is 41.3 Å². The molecule has 0 unspecified atom stereocenters. The van der Waals surface area contributed by atoms with E-state index in [-0.39, 0.29) is 23.2 Å². The molecular formula is C21H22FN5O2S. The first kappa shape index (κ1) is 20.2. The Balaban J connectivity index is 1.33.